The standard InChI is InChI=1S/C24H30N4O4S2/c1-5-18-6-8-19(9-7-18)26-20(29)13-27-14-25-23-21(24(27)30)22(17(4)33-23)34(31,32)28-11-15(2)10-16(3)12-28/h6-9,14-16H,5,10-13H2,1-4H3,(H,26,29)/t15-,16-/m1/s1. The molecule has 1 aromatic carbocycles. The summed E-state index contributed by atoms with van der Waals surface area (Å²) in [4.78, 5) is 31.2. The highest BCUT2D eigenvalue weighted by molar-refractivity contribution is 7.89. The molecule has 10 heteroatoms. The van der Waals surface area contributed by atoms with Crippen molar-refractivity contribution >= 4 is 43.2 Å². The van der Waals surface area contributed by atoms with Crippen LogP contribution in [-0.2, 0) is 27.8 Å². The van der Waals surface area contributed by atoms with Gasteiger partial charge in [-0.2, -0.15) is 4.31 Å². The topological polar surface area (TPSA) is 101 Å². The van der Waals surface area contributed by atoms with Gasteiger partial charge in [-0.3, -0.25) is 14.2 Å². The Balaban J connectivity index is 1.66. The van der Waals surface area contributed by atoms with Gasteiger partial charge in [-0.1, -0.05) is 32.9 Å². The van der Waals surface area contributed by atoms with Crippen LogP contribution >= 0.6 is 11.3 Å². The quantitative estimate of drug-likeness (QED) is 0.555. The van der Waals surface area contributed by atoms with E-state index >= 15 is 0 Å². The number of rotatable bonds is 6. The molecule has 3 heterocycles. The van der Waals surface area contributed by atoms with Crippen molar-refractivity contribution < 1.29 is 13.2 Å². The minimum absolute atomic E-state index is 0.0243. The lowest BCUT2D eigenvalue weighted by atomic mass is 9.94. The zero-order valence-corrected chi connectivity index (χ0v) is 21.5. The first kappa shape index (κ1) is 24.6. The van der Waals surface area contributed by atoms with Gasteiger partial charge in [0.2, 0.25) is 15.9 Å². The molecule has 1 aliphatic heterocycles. The van der Waals surface area contributed by atoms with Gasteiger partial charge in [0.05, 0.1) is 11.7 Å². The van der Waals surface area contributed by atoms with E-state index in [1.54, 1.807) is 6.92 Å². The van der Waals surface area contributed by atoms with Crippen LogP contribution in [0.2, 0.25) is 0 Å². The van der Waals surface area contributed by atoms with Crippen LogP contribution in [0.5, 0.6) is 0 Å². The Hall–Kier alpha value is -2.56. The summed E-state index contributed by atoms with van der Waals surface area (Å²) in [6.45, 7) is 8.43. The number of anilines is 1. The van der Waals surface area contributed by atoms with E-state index in [0.717, 1.165) is 18.4 Å². The Morgan fingerprint density at radius 1 is 1.18 bits per heavy atom. The van der Waals surface area contributed by atoms with E-state index in [1.807, 2.05) is 38.1 Å². The van der Waals surface area contributed by atoms with Crippen LogP contribution in [0, 0.1) is 18.8 Å². The number of piperidine rings is 1. The average molecular weight is 503 g/mol. The molecule has 2 atom stereocenters. The molecule has 4 rings (SSSR count). The molecule has 34 heavy (non-hydrogen) atoms. The Kier molecular flexibility index (Phi) is 6.93. The van der Waals surface area contributed by atoms with Crippen molar-refractivity contribution in [1.82, 2.24) is 13.9 Å². The van der Waals surface area contributed by atoms with Crippen LogP contribution in [-0.4, -0.2) is 41.3 Å². The van der Waals surface area contributed by atoms with E-state index in [9.17, 15) is 18.0 Å². The van der Waals surface area contributed by atoms with Gasteiger partial charge in [-0.15, -0.1) is 11.3 Å². The Morgan fingerprint density at radius 2 is 1.82 bits per heavy atom. The molecule has 1 fully saturated rings. The fourth-order valence-corrected chi connectivity index (χ4v) is 7.99. The Morgan fingerprint density at radius 3 is 2.44 bits per heavy atom. The molecule has 0 unspecified atom stereocenters. The lowest BCUT2D eigenvalue weighted by molar-refractivity contribution is -0.116. The maximum Gasteiger partial charge on any atom is 0.263 e. The van der Waals surface area contributed by atoms with Gasteiger partial charge in [-0.25, -0.2) is 13.4 Å². The average Bonchev–Trinajstić information content (AvgIpc) is 3.13. The fourth-order valence-electron chi connectivity index (χ4n) is 4.65. The summed E-state index contributed by atoms with van der Waals surface area (Å²) in [5.41, 5.74) is 1.26. The van der Waals surface area contributed by atoms with Crippen molar-refractivity contribution in [2.45, 2.75) is 52.0 Å². The number of amides is 1. The molecule has 1 saturated heterocycles. The monoisotopic (exact) mass is 502 g/mol. The Labute approximate surface area is 203 Å². The number of carbonyl (C=O) groups is 1. The highest BCUT2D eigenvalue weighted by Gasteiger charge is 2.35. The molecule has 8 nitrogen and oxygen atoms in total. The molecule has 0 bridgehead atoms. The molecule has 182 valence electrons. The van der Waals surface area contributed by atoms with E-state index in [2.05, 4.69) is 17.2 Å². The highest BCUT2D eigenvalue weighted by Crippen LogP contribution is 2.35. The molecule has 0 radical (unpaired) electrons. The Bertz CT molecular complexity index is 1370. The zero-order valence-electron chi connectivity index (χ0n) is 19.9. The maximum atomic E-state index is 13.6. The molecule has 0 spiro atoms. The molecule has 0 saturated carbocycles. The molecule has 1 aliphatic rings. The fraction of sp³-hybridized carbons (Fsp3) is 0.458. The van der Waals surface area contributed by atoms with Crippen LogP contribution in [0.4, 0.5) is 5.69 Å². The number of fused-ring (bicyclic) bond motifs is 1. The molecular formula is C24H30N4O4S2. The van der Waals surface area contributed by atoms with Crippen molar-refractivity contribution in [1.29, 1.82) is 0 Å². The summed E-state index contributed by atoms with van der Waals surface area (Å²) in [7, 11) is -3.87. The van der Waals surface area contributed by atoms with E-state index in [0.29, 0.717) is 28.5 Å². The minimum Gasteiger partial charge on any atom is -0.325 e. The third kappa shape index (κ3) is 4.80. The third-order valence-corrected chi connectivity index (χ3v) is 9.34. The molecule has 2 aromatic heterocycles. The highest BCUT2D eigenvalue weighted by atomic mass is 32.2. The first-order chi connectivity index (χ1) is 16.1. The predicted molar refractivity (Wildman–Crippen MR) is 135 cm³/mol. The number of nitrogens with one attached hydrogen (secondary N) is 1. The normalized spacial score (nSPS) is 19.4. The summed E-state index contributed by atoms with van der Waals surface area (Å²) < 4.78 is 29.9. The second-order valence-electron chi connectivity index (χ2n) is 9.21. The lowest BCUT2D eigenvalue weighted by Gasteiger charge is -2.34. The smallest absolute Gasteiger partial charge is 0.263 e. The van der Waals surface area contributed by atoms with Crippen LogP contribution in [0.1, 0.15) is 37.6 Å². The molecule has 3 aromatic rings. The summed E-state index contributed by atoms with van der Waals surface area (Å²) in [6.07, 6.45) is 3.18. The lowest BCUT2D eigenvalue weighted by Crippen LogP contribution is -2.42. The molecule has 1 amide bonds. The SMILES string of the molecule is CCc1ccc(NC(=O)Cn2cnc3sc(C)c(S(=O)(=O)N4C[C@H](C)C[C@@H](C)C4)c3c2=O)cc1. The number of hydrogen-bond acceptors (Lipinski definition) is 6. The van der Waals surface area contributed by atoms with Gasteiger partial charge in [0.1, 0.15) is 16.3 Å². The van der Waals surface area contributed by atoms with Gasteiger partial charge in [0, 0.05) is 23.7 Å². The molecule has 0 aliphatic carbocycles. The first-order valence-electron chi connectivity index (χ1n) is 11.5. The summed E-state index contributed by atoms with van der Waals surface area (Å²) >= 11 is 1.19. The van der Waals surface area contributed by atoms with Crippen molar-refractivity contribution in [2.75, 3.05) is 18.4 Å². The van der Waals surface area contributed by atoms with E-state index in [1.165, 1.54) is 26.5 Å². The summed E-state index contributed by atoms with van der Waals surface area (Å²) in [5.74, 6) is 0.102. The van der Waals surface area contributed by atoms with Gasteiger partial charge in [0.15, 0.2) is 0 Å². The van der Waals surface area contributed by atoms with Crippen LogP contribution < -0.4 is 10.9 Å². The number of hydrogen-bond donors (Lipinski definition) is 1. The van der Waals surface area contributed by atoms with Gasteiger partial charge >= 0.3 is 0 Å². The second kappa shape index (κ2) is 9.59. The van der Waals surface area contributed by atoms with E-state index in [-0.39, 0.29) is 34.6 Å². The number of thiophene rings is 1. The third-order valence-electron chi connectivity index (χ3n) is 6.19. The van der Waals surface area contributed by atoms with Crippen LogP contribution in [0.15, 0.2) is 40.3 Å². The minimum atomic E-state index is -3.87. The zero-order chi connectivity index (χ0) is 24.6. The summed E-state index contributed by atoms with van der Waals surface area (Å²) in [6, 6.07) is 7.49. The van der Waals surface area contributed by atoms with Gasteiger partial charge < -0.3 is 5.32 Å². The van der Waals surface area contributed by atoms with Crippen molar-refractivity contribution in [3.8, 4) is 0 Å². The van der Waals surface area contributed by atoms with E-state index in [4.69, 9.17) is 0 Å². The number of carbonyl (C=O) groups excluding carboxylic acids is 1. The molecular weight excluding hydrogens is 472 g/mol. The van der Waals surface area contributed by atoms with Gasteiger partial charge in [-0.05, 0) is 49.3 Å². The summed E-state index contributed by atoms with van der Waals surface area (Å²) in [5, 5.41) is 2.84. The number of sulfonamides is 1. The van der Waals surface area contributed by atoms with Crippen LogP contribution in [0.25, 0.3) is 10.2 Å². The first-order valence-corrected chi connectivity index (χ1v) is 13.7. The van der Waals surface area contributed by atoms with E-state index < -0.39 is 15.6 Å². The van der Waals surface area contributed by atoms with Crippen molar-refractivity contribution in [3.05, 3.63) is 51.4 Å². The molecule has 1 N–H and O–H groups in total. The number of aromatic nitrogens is 2. The number of aryl methyl sites for hydroxylation is 2. The van der Waals surface area contributed by atoms with Crippen LogP contribution in [0.3, 0.4) is 0 Å². The predicted octanol–water partition coefficient (Wildman–Crippen LogP) is 3.63. The van der Waals surface area contributed by atoms with Crippen molar-refractivity contribution in [3.63, 3.8) is 0 Å². The second-order valence-corrected chi connectivity index (χ2v) is 12.3. The van der Waals surface area contributed by atoms with Crippen molar-refractivity contribution in [2.24, 2.45) is 11.8 Å². The maximum absolute atomic E-state index is 13.6. The number of nitrogens with zero attached hydrogens (tertiary/aromatic N) is 3. The number of benzene rings is 1. The van der Waals surface area contributed by atoms with Gasteiger partial charge in [0.25, 0.3) is 5.56 Å². The largest absolute Gasteiger partial charge is 0.325 e.